The average molecular weight is 409 g/mol. The monoisotopic (exact) mass is 409 g/mol. The molecule has 0 saturated carbocycles. The fraction of sp³-hybridized carbons (Fsp3) is 0.391. The van der Waals surface area contributed by atoms with Crippen LogP contribution >= 0.6 is 0 Å². The number of benzene rings is 2. The fourth-order valence-electron chi connectivity index (χ4n) is 3.72. The van der Waals surface area contributed by atoms with Crippen molar-refractivity contribution in [2.24, 2.45) is 0 Å². The van der Waals surface area contributed by atoms with Gasteiger partial charge in [0.2, 0.25) is 5.91 Å². The van der Waals surface area contributed by atoms with Gasteiger partial charge in [-0.1, -0.05) is 42.0 Å². The molecule has 4 rings (SSSR count). The lowest BCUT2D eigenvalue weighted by Crippen LogP contribution is -2.45. The molecule has 2 aromatic carbocycles. The minimum atomic E-state index is -0.845. The van der Waals surface area contributed by atoms with E-state index in [1.165, 1.54) is 5.56 Å². The Kier molecular flexibility index (Phi) is 6.30. The maximum atomic E-state index is 12.8. The van der Waals surface area contributed by atoms with E-state index < -0.39 is 6.10 Å². The number of fused-ring (bicyclic) bond motifs is 1. The molecule has 2 aliphatic heterocycles. The molecule has 2 aromatic rings. The molecule has 2 atom stereocenters. The topological polar surface area (TPSA) is 79.9 Å². The van der Waals surface area contributed by atoms with E-state index in [0.29, 0.717) is 31.2 Å². The number of ether oxygens (including phenoxy) is 2. The van der Waals surface area contributed by atoms with E-state index >= 15 is 0 Å². The van der Waals surface area contributed by atoms with Gasteiger partial charge in [0.15, 0.2) is 6.10 Å². The van der Waals surface area contributed by atoms with Crippen LogP contribution in [0.4, 0.5) is 5.69 Å². The normalized spacial score (nSPS) is 19.9. The Bertz CT molecular complexity index is 894. The summed E-state index contributed by atoms with van der Waals surface area (Å²) in [6, 6.07) is 15.2. The van der Waals surface area contributed by atoms with Crippen molar-refractivity contribution in [3.63, 3.8) is 0 Å². The zero-order valence-electron chi connectivity index (χ0n) is 17.1. The molecule has 2 N–H and O–H groups in total. The summed E-state index contributed by atoms with van der Waals surface area (Å²) in [5, 5.41) is 5.92. The summed E-state index contributed by atoms with van der Waals surface area (Å²) in [6.45, 7) is 5.80. The summed E-state index contributed by atoms with van der Waals surface area (Å²) in [5.41, 5.74) is 2.84. The fourth-order valence-corrected chi connectivity index (χ4v) is 3.72. The Hall–Kier alpha value is -2.90. The summed E-state index contributed by atoms with van der Waals surface area (Å²) in [5.74, 6) is 0.0654. The molecule has 158 valence electrons. The number of hydrogen-bond donors (Lipinski definition) is 2. The van der Waals surface area contributed by atoms with Crippen molar-refractivity contribution in [1.82, 2.24) is 10.2 Å². The first-order valence-corrected chi connectivity index (χ1v) is 10.3. The molecule has 7 nitrogen and oxygen atoms in total. The maximum Gasteiger partial charge on any atom is 0.266 e. The smallest absolute Gasteiger partial charge is 0.266 e. The SMILES string of the molecule is Cc1ccc([C@H](CN2CCOCC2)NC(=O)C[C@H]2Oc3ccccc3NC2=O)cc1. The number of morpholine rings is 1. The highest BCUT2D eigenvalue weighted by molar-refractivity contribution is 5.99. The lowest BCUT2D eigenvalue weighted by Gasteiger charge is -2.31. The lowest BCUT2D eigenvalue weighted by atomic mass is 10.0. The van der Waals surface area contributed by atoms with Crippen LogP contribution in [0.3, 0.4) is 0 Å². The molecular formula is C23H27N3O4. The van der Waals surface area contributed by atoms with Crippen LogP contribution in [0.15, 0.2) is 48.5 Å². The highest BCUT2D eigenvalue weighted by Crippen LogP contribution is 2.29. The molecule has 2 aliphatic rings. The first-order valence-electron chi connectivity index (χ1n) is 10.3. The van der Waals surface area contributed by atoms with Crippen LogP contribution in [0.5, 0.6) is 5.75 Å². The molecule has 0 radical (unpaired) electrons. The highest BCUT2D eigenvalue weighted by atomic mass is 16.5. The van der Waals surface area contributed by atoms with Crippen molar-refractivity contribution in [1.29, 1.82) is 0 Å². The van der Waals surface area contributed by atoms with Crippen LogP contribution in [0.1, 0.15) is 23.6 Å². The summed E-state index contributed by atoms with van der Waals surface area (Å²) >= 11 is 0. The average Bonchev–Trinajstić information content (AvgIpc) is 2.75. The number of aryl methyl sites for hydroxylation is 1. The summed E-state index contributed by atoms with van der Waals surface area (Å²) in [6.07, 6.45) is -0.881. The number of hydrogen-bond acceptors (Lipinski definition) is 5. The summed E-state index contributed by atoms with van der Waals surface area (Å²) in [4.78, 5) is 27.5. The molecule has 7 heteroatoms. The second-order valence-electron chi connectivity index (χ2n) is 7.74. The van der Waals surface area contributed by atoms with Gasteiger partial charge in [-0.05, 0) is 24.6 Å². The molecule has 30 heavy (non-hydrogen) atoms. The molecular weight excluding hydrogens is 382 g/mol. The van der Waals surface area contributed by atoms with Crippen molar-refractivity contribution in [3.05, 3.63) is 59.7 Å². The molecule has 1 fully saturated rings. The van der Waals surface area contributed by atoms with Gasteiger partial charge in [-0.25, -0.2) is 0 Å². The maximum absolute atomic E-state index is 12.8. The number of anilines is 1. The number of para-hydroxylation sites is 2. The number of rotatable bonds is 6. The largest absolute Gasteiger partial charge is 0.478 e. The first kappa shape index (κ1) is 20.4. The number of nitrogens with zero attached hydrogens (tertiary/aromatic N) is 1. The molecule has 2 amide bonds. The lowest BCUT2D eigenvalue weighted by molar-refractivity contribution is -0.131. The van der Waals surface area contributed by atoms with Gasteiger partial charge in [-0.3, -0.25) is 14.5 Å². The molecule has 0 aromatic heterocycles. The van der Waals surface area contributed by atoms with Gasteiger partial charge in [0.05, 0.1) is 31.4 Å². The standard InChI is InChI=1S/C23H27N3O4/c1-16-6-8-17(9-7-16)19(15-26-10-12-29-13-11-26)24-22(27)14-21-23(28)25-18-4-2-3-5-20(18)30-21/h2-9,19,21H,10-15H2,1H3,(H,24,27)(H,25,28)/t19-,21+/m0/s1. The third-order valence-corrected chi connectivity index (χ3v) is 5.44. The Morgan fingerprint density at radius 2 is 1.90 bits per heavy atom. The van der Waals surface area contributed by atoms with E-state index in [1.54, 1.807) is 12.1 Å². The van der Waals surface area contributed by atoms with E-state index in [4.69, 9.17) is 9.47 Å². The zero-order valence-corrected chi connectivity index (χ0v) is 17.1. The summed E-state index contributed by atoms with van der Waals surface area (Å²) in [7, 11) is 0. The Morgan fingerprint density at radius 3 is 2.67 bits per heavy atom. The van der Waals surface area contributed by atoms with Crippen molar-refractivity contribution >= 4 is 17.5 Å². The predicted molar refractivity (Wildman–Crippen MR) is 113 cm³/mol. The van der Waals surface area contributed by atoms with E-state index in [1.807, 2.05) is 43.3 Å². The van der Waals surface area contributed by atoms with E-state index in [2.05, 4.69) is 15.5 Å². The number of amides is 2. The van der Waals surface area contributed by atoms with Crippen LogP contribution in [0, 0.1) is 6.92 Å². The van der Waals surface area contributed by atoms with Crippen LogP contribution in [0.2, 0.25) is 0 Å². The third kappa shape index (κ3) is 4.98. The van der Waals surface area contributed by atoms with E-state index in [9.17, 15) is 9.59 Å². The Balaban J connectivity index is 1.43. The predicted octanol–water partition coefficient (Wildman–Crippen LogP) is 2.27. The van der Waals surface area contributed by atoms with Gasteiger partial charge >= 0.3 is 0 Å². The first-order chi connectivity index (χ1) is 14.6. The van der Waals surface area contributed by atoms with Gasteiger partial charge in [0.1, 0.15) is 5.75 Å². The molecule has 0 bridgehead atoms. The summed E-state index contributed by atoms with van der Waals surface area (Å²) < 4.78 is 11.2. The van der Waals surface area contributed by atoms with Crippen molar-refractivity contribution in [2.75, 3.05) is 38.2 Å². The van der Waals surface area contributed by atoms with Crippen LogP contribution < -0.4 is 15.4 Å². The van der Waals surface area contributed by atoms with Gasteiger partial charge < -0.3 is 20.1 Å². The van der Waals surface area contributed by atoms with Crippen molar-refractivity contribution in [2.45, 2.75) is 25.5 Å². The van der Waals surface area contributed by atoms with Crippen LogP contribution in [-0.2, 0) is 14.3 Å². The van der Waals surface area contributed by atoms with E-state index in [-0.39, 0.29) is 24.3 Å². The highest BCUT2D eigenvalue weighted by Gasteiger charge is 2.30. The second-order valence-corrected chi connectivity index (χ2v) is 7.74. The molecule has 0 unspecified atom stereocenters. The quantitative estimate of drug-likeness (QED) is 0.765. The van der Waals surface area contributed by atoms with E-state index in [0.717, 1.165) is 18.7 Å². The molecule has 0 spiro atoms. The minimum absolute atomic E-state index is 0.0361. The molecule has 0 aliphatic carbocycles. The Labute approximate surface area is 176 Å². The van der Waals surface area contributed by atoms with Crippen molar-refractivity contribution < 1.29 is 19.1 Å². The molecule has 2 heterocycles. The minimum Gasteiger partial charge on any atom is -0.478 e. The third-order valence-electron chi connectivity index (χ3n) is 5.44. The van der Waals surface area contributed by atoms with Gasteiger partial charge in [0, 0.05) is 19.6 Å². The van der Waals surface area contributed by atoms with Gasteiger partial charge in [-0.15, -0.1) is 0 Å². The van der Waals surface area contributed by atoms with Crippen LogP contribution in [0.25, 0.3) is 0 Å². The second kappa shape index (κ2) is 9.28. The van der Waals surface area contributed by atoms with Gasteiger partial charge in [0.25, 0.3) is 5.91 Å². The molecule has 1 saturated heterocycles. The zero-order chi connectivity index (χ0) is 20.9. The van der Waals surface area contributed by atoms with Crippen LogP contribution in [-0.4, -0.2) is 55.7 Å². The van der Waals surface area contributed by atoms with Crippen molar-refractivity contribution in [3.8, 4) is 5.75 Å². The number of carbonyl (C=O) groups is 2. The number of nitrogens with one attached hydrogen (secondary N) is 2. The van der Waals surface area contributed by atoms with Gasteiger partial charge in [-0.2, -0.15) is 0 Å². The Morgan fingerprint density at radius 1 is 1.17 bits per heavy atom. The number of carbonyl (C=O) groups excluding carboxylic acids is 2.